The molecule has 146 valence electrons. The molecule has 1 aromatic heterocycles. The van der Waals surface area contributed by atoms with Crippen LogP contribution in [0.3, 0.4) is 0 Å². The van der Waals surface area contributed by atoms with Crippen LogP contribution in [0.2, 0.25) is 10.0 Å². The summed E-state index contributed by atoms with van der Waals surface area (Å²) in [6.07, 6.45) is 0.410. The van der Waals surface area contributed by atoms with Crippen LogP contribution in [-0.4, -0.2) is 16.0 Å². The maximum absolute atomic E-state index is 11.9. The third-order valence-electron chi connectivity index (χ3n) is 3.99. The maximum atomic E-state index is 11.9. The highest BCUT2D eigenvalue weighted by molar-refractivity contribution is 7.80. The summed E-state index contributed by atoms with van der Waals surface area (Å²) in [6, 6.07) is 8.97. The predicted molar refractivity (Wildman–Crippen MR) is 118 cm³/mol. The number of thiocarbonyl (C=S) groups is 1. The molecule has 0 aliphatic heterocycles. The van der Waals surface area contributed by atoms with Crippen molar-refractivity contribution in [2.24, 2.45) is 5.92 Å². The molecular formula is C20H19Cl2N3O2S. The van der Waals surface area contributed by atoms with Crippen LogP contribution < -0.4 is 10.6 Å². The molecule has 0 radical (unpaired) electrons. The number of halogens is 2. The van der Waals surface area contributed by atoms with Gasteiger partial charge < -0.3 is 15.1 Å². The van der Waals surface area contributed by atoms with Gasteiger partial charge >= 0.3 is 0 Å². The van der Waals surface area contributed by atoms with Crippen LogP contribution in [0.1, 0.15) is 25.8 Å². The molecule has 0 aliphatic rings. The van der Waals surface area contributed by atoms with Gasteiger partial charge in [-0.25, -0.2) is 4.98 Å². The molecular weight excluding hydrogens is 417 g/mol. The Morgan fingerprint density at radius 3 is 2.71 bits per heavy atom. The van der Waals surface area contributed by atoms with Crippen molar-refractivity contribution in [3.05, 3.63) is 45.9 Å². The summed E-state index contributed by atoms with van der Waals surface area (Å²) in [5.74, 6) is 0.552. The van der Waals surface area contributed by atoms with Crippen LogP contribution >= 0.6 is 35.4 Å². The molecule has 0 saturated heterocycles. The molecule has 1 heterocycles. The molecule has 5 nitrogen and oxygen atoms in total. The lowest BCUT2D eigenvalue weighted by Gasteiger charge is -2.13. The second kappa shape index (κ2) is 8.47. The van der Waals surface area contributed by atoms with E-state index in [0.717, 1.165) is 16.8 Å². The summed E-state index contributed by atoms with van der Waals surface area (Å²) >= 11 is 17.5. The molecule has 0 atom stereocenters. The molecule has 3 aromatic rings. The zero-order valence-electron chi connectivity index (χ0n) is 15.6. The van der Waals surface area contributed by atoms with Crippen LogP contribution in [0.15, 0.2) is 34.7 Å². The van der Waals surface area contributed by atoms with Crippen molar-refractivity contribution < 1.29 is 9.21 Å². The Labute approximate surface area is 178 Å². The number of nitrogens with zero attached hydrogens (tertiary/aromatic N) is 1. The first-order valence-corrected chi connectivity index (χ1v) is 9.87. The third kappa shape index (κ3) is 4.82. The summed E-state index contributed by atoms with van der Waals surface area (Å²) in [5.41, 5.74) is 3.51. The smallest absolute Gasteiger partial charge is 0.227 e. The second-order valence-corrected chi connectivity index (χ2v) is 8.14. The monoisotopic (exact) mass is 435 g/mol. The van der Waals surface area contributed by atoms with Gasteiger partial charge in [-0.2, -0.15) is 0 Å². The fourth-order valence-electron chi connectivity index (χ4n) is 2.67. The number of rotatable bonds is 4. The first-order valence-electron chi connectivity index (χ1n) is 8.70. The molecule has 0 unspecified atom stereocenters. The van der Waals surface area contributed by atoms with Gasteiger partial charge in [0, 0.05) is 22.7 Å². The molecule has 0 bridgehead atoms. The number of hydrogen-bond acceptors (Lipinski definition) is 4. The average molecular weight is 436 g/mol. The van der Waals surface area contributed by atoms with Crippen molar-refractivity contribution in [1.82, 2.24) is 10.3 Å². The van der Waals surface area contributed by atoms with Gasteiger partial charge in [-0.05, 0) is 54.9 Å². The lowest BCUT2D eigenvalue weighted by molar-refractivity contribution is -0.120. The van der Waals surface area contributed by atoms with Crippen molar-refractivity contribution in [2.75, 3.05) is 5.32 Å². The highest BCUT2D eigenvalue weighted by atomic mass is 35.5. The molecule has 0 aliphatic carbocycles. The van der Waals surface area contributed by atoms with E-state index in [1.807, 2.05) is 39.0 Å². The number of nitrogens with one attached hydrogen (secondary N) is 2. The minimum atomic E-state index is -0.119. The Bertz CT molecular complexity index is 1060. The molecule has 0 fully saturated rings. The van der Waals surface area contributed by atoms with E-state index in [4.69, 9.17) is 39.8 Å². The van der Waals surface area contributed by atoms with Crippen LogP contribution in [-0.2, 0) is 4.79 Å². The summed E-state index contributed by atoms with van der Waals surface area (Å²) in [7, 11) is 0. The lowest BCUT2D eigenvalue weighted by atomic mass is 10.1. The first kappa shape index (κ1) is 20.6. The van der Waals surface area contributed by atoms with E-state index < -0.39 is 0 Å². The Hall–Kier alpha value is -2.15. The van der Waals surface area contributed by atoms with E-state index in [1.54, 1.807) is 12.1 Å². The van der Waals surface area contributed by atoms with Gasteiger partial charge in [-0.3, -0.25) is 4.79 Å². The van der Waals surface area contributed by atoms with E-state index in [-0.39, 0.29) is 16.9 Å². The number of amides is 1. The summed E-state index contributed by atoms with van der Waals surface area (Å²) in [6.45, 7) is 5.89. The minimum absolute atomic E-state index is 0.119. The van der Waals surface area contributed by atoms with Crippen molar-refractivity contribution in [2.45, 2.75) is 27.2 Å². The Morgan fingerprint density at radius 2 is 2.00 bits per heavy atom. The van der Waals surface area contributed by atoms with Crippen LogP contribution in [0.5, 0.6) is 0 Å². The fourth-order valence-corrected chi connectivity index (χ4v) is 3.42. The molecule has 0 spiro atoms. The van der Waals surface area contributed by atoms with Gasteiger partial charge in [0.25, 0.3) is 0 Å². The largest absolute Gasteiger partial charge is 0.435 e. The molecule has 3 rings (SSSR count). The number of aromatic nitrogens is 1. The number of anilines is 1. The maximum Gasteiger partial charge on any atom is 0.227 e. The molecule has 1 amide bonds. The number of aryl methyl sites for hydroxylation is 1. The normalized spacial score (nSPS) is 11.1. The highest BCUT2D eigenvalue weighted by Gasteiger charge is 2.14. The Morgan fingerprint density at radius 1 is 1.25 bits per heavy atom. The topological polar surface area (TPSA) is 67.2 Å². The number of carbonyl (C=O) groups is 1. The zero-order chi connectivity index (χ0) is 20.4. The van der Waals surface area contributed by atoms with E-state index in [9.17, 15) is 4.79 Å². The van der Waals surface area contributed by atoms with Crippen LogP contribution in [0.4, 0.5) is 5.69 Å². The number of fused-ring (bicyclic) bond motifs is 1. The van der Waals surface area contributed by atoms with Crippen LogP contribution in [0.25, 0.3) is 22.6 Å². The van der Waals surface area contributed by atoms with Gasteiger partial charge in [0.05, 0.1) is 5.02 Å². The number of hydrogen-bond donors (Lipinski definition) is 2. The molecule has 8 heteroatoms. The van der Waals surface area contributed by atoms with Crippen molar-refractivity contribution in [3.63, 3.8) is 0 Å². The zero-order valence-corrected chi connectivity index (χ0v) is 17.9. The second-order valence-electron chi connectivity index (χ2n) is 6.88. The fraction of sp³-hybridized carbons (Fsp3) is 0.250. The number of carbonyl (C=O) groups excluding carboxylic acids is 1. The molecule has 2 aromatic carbocycles. The highest BCUT2D eigenvalue weighted by Crippen LogP contribution is 2.33. The molecule has 28 heavy (non-hydrogen) atoms. The Kier molecular flexibility index (Phi) is 6.23. The van der Waals surface area contributed by atoms with Crippen molar-refractivity contribution in [3.8, 4) is 11.5 Å². The van der Waals surface area contributed by atoms with Gasteiger partial charge in [0.2, 0.25) is 11.8 Å². The van der Waals surface area contributed by atoms with Crippen molar-refractivity contribution in [1.29, 1.82) is 0 Å². The SMILES string of the molecule is Cc1ccc(-c2nc3cc(Cl)cc(Cl)c3o2)cc1NC(=S)NC(=O)CC(C)C. The van der Waals surface area contributed by atoms with Gasteiger partial charge in [0.15, 0.2) is 10.7 Å². The lowest BCUT2D eigenvalue weighted by Crippen LogP contribution is -2.34. The van der Waals surface area contributed by atoms with Crippen molar-refractivity contribution >= 4 is 63.2 Å². The van der Waals surface area contributed by atoms with Gasteiger partial charge in [0.1, 0.15) is 5.52 Å². The standard InChI is InChI=1S/C20H19Cl2N3O2S/c1-10(2)6-17(26)25-20(28)24-15-7-12(5-4-11(15)3)19-23-16-9-13(21)8-14(22)18(16)27-19/h4-5,7-10H,6H2,1-3H3,(H2,24,25,26,28). The number of benzene rings is 2. The summed E-state index contributed by atoms with van der Waals surface area (Å²) in [4.78, 5) is 16.4. The molecule has 0 saturated carbocycles. The van der Waals surface area contributed by atoms with Gasteiger partial charge in [-0.15, -0.1) is 0 Å². The predicted octanol–water partition coefficient (Wildman–Crippen LogP) is 5.97. The van der Waals surface area contributed by atoms with E-state index in [1.165, 1.54) is 0 Å². The minimum Gasteiger partial charge on any atom is -0.435 e. The van der Waals surface area contributed by atoms with E-state index in [0.29, 0.717) is 33.5 Å². The van der Waals surface area contributed by atoms with Crippen LogP contribution in [0, 0.1) is 12.8 Å². The first-order chi connectivity index (χ1) is 13.2. The number of oxazole rings is 1. The summed E-state index contributed by atoms with van der Waals surface area (Å²) in [5, 5.41) is 6.90. The average Bonchev–Trinajstić information content (AvgIpc) is 3.00. The van der Waals surface area contributed by atoms with E-state index >= 15 is 0 Å². The third-order valence-corrected chi connectivity index (χ3v) is 4.69. The summed E-state index contributed by atoms with van der Waals surface area (Å²) < 4.78 is 5.82. The Balaban J connectivity index is 1.84. The van der Waals surface area contributed by atoms with E-state index in [2.05, 4.69) is 15.6 Å². The quantitative estimate of drug-likeness (QED) is 0.494. The van der Waals surface area contributed by atoms with Gasteiger partial charge in [-0.1, -0.05) is 43.1 Å². The molecule has 2 N–H and O–H groups in total.